The van der Waals surface area contributed by atoms with Crippen LogP contribution in [0.2, 0.25) is 5.15 Å². The van der Waals surface area contributed by atoms with Crippen LogP contribution in [0.3, 0.4) is 0 Å². The molecular formula is C25H30ClN5O2. The second-order valence-electron chi connectivity index (χ2n) is 9.64. The fourth-order valence-corrected chi connectivity index (χ4v) is 4.22. The zero-order chi connectivity index (χ0) is 23.8. The summed E-state index contributed by atoms with van der Waals surface area (Å²) >= 11 is 6.01. The van der Waals surface area contributed by atoms with Crippen LogP contribution in [-0.2, 0) is 4.74 Å². The van der Waals surface area contributed by atoms with E-state index in [2.05, 4.69) is 34.4 Å². The van der Waals surface area contributed by atoms with Gasteiger partial charge in [-0.25, -0.2) is 9.97 Å². The predicted octanol–water partition coefficient (Wildman–Crippen LogP) is 5.47. The highest BCUT2D eigenvalue weighted by Gasteiger charge is 2.33. The van der Waals surface area contributed by atoms with Crippen LogP contribution in [0.5, 0.6) is 11.5 Å². The zero-order valence-electron chi connectivity index (χ0n) is 19.6. The van der Waals surface area contributed by atoms with Crippen molar-refractivity contribution in [3.63, 3.8) is 0 Å². The highest BCUT2D eigenvalue weighted by Crippen LogP contribution is 2.46. The average Bonchev–Trinajstić information content (AvgIpc) is 3.57. The van der Waals surface area contributed by atoms with Crippen molar-refractivity contribution >= 4 is 17.4 Å². The lowest BCUT2D eigenvalue weighted by Gasteiger charge is -2.43. The Balaban J connectivity index is 1.58. The van der Waals surface area contributed by atoms with Crippen molar-refractivity contribution in [1.29, 1.82) is 5.26 Å². The largest absolute Gasteiger partial charge is 0.474 e. The number of nitriles is 1. The van der Waals surface area contributed by atoms with E-state index >= 15 is 0 Å². The van der Waals surface area contributed by atoms with E-state index < -0.39 is 0 Å². The second kappa shape index (κ2) is 9.11. The van der Waals surface area contributed by atoms with Crippen molar-refractivity contribution < 1.29 is 9.47 Å². The molecule has 3 heterocycles. The van der Waals surface area contributed by atoms with Crippen molar-refractivity contribution in [3.8, 4) is 17.6 Å². The number of rotatable bonds is 6. The Morgan fingerprint density at radius 3 is 2.64 bits per heavy atom. The Morgan fingerprint density at radius 1 is 1.27 bits per heavy atom. The number of ether oxygens (including phenoxy) is 2. The molecule has 0 spiro atoms. The van der Waals surface area contributed by atoms with Gasteiger partial charge in [-0.15, -0.1) is 0 Å². The van der Waals surface area contributed by atoms with Crippen LogP contribution in [0.15, 0.2) is 36.9 Å². The third-order valence-corrected chi connectivity index (χ3v) is 5.88. The monoisotopic (exact) mass is 467 g/mol. The molecule has 2 aliphatic rings. The van der Waals surface area contributed by atoms with Gasteiger partial charge in [-0.1, -0.05) is 11.6 Å². The zero-order valence-corrected chi connectivity index (χ0v) is 20.4. The molecule has 1 aliphatic heterocycles. The van der Waals surface area contributed by atoms with Gasteiger partial charge in [-0.2, -0.15) is 5.26 Å². The van der Waals surface area contributed by atoms with E-state index in [1.54, 1.807) is 18.3 Å². The lowest BCUT2D eigenvalue weighted by molar-refractivity contribution is -0.00918. The number of hydrogen-bond donors (Lipinski definition) is 0. The van der Waals surface area contributed by atoms with Crippen molar-refractivity contribution in [2.24, 2.45) is 0 Å². The molecule has 1 aliphatic carbocycles. The maximum Gasteiger partial charge on any atom is 0.182 e. The molecule has 0 amide bonds. The SMILES string of the molecule is C=C(OC(C)(C)C)N1CCN(c2nc(C3CC3)c(Oc3ccnc(Cl)c3)cc2C#N)C[C@H]1C. The Labute approximate surface area is 200 Å². The molecule has 8 heteroatoms. The van der Waals surface area contributed by atoms with Gasteiger partial charge in [0.05, 0.1) is 11.3 Å². The molecule has 2 fully saturated rings. The van der Waals surface area contributed by atoms with Crippen LogP contribution in [0.4, 0.5) is 5.82 Å². The molecule has 7 nitrogen and oxygen atoms in total. The molecule has 33 heavy (non-hydrogen) atoms. The highest BCUT2D eigenvalue weighted by molar-refractivity contribution is 6.29. The predicted molar refractivity (Wildman–Crippen MR) is 129 cm³/mol. The quantitative estimate of drug-likeness (QED) is 0.412. The van der Waals surface area contributed by atoms with Crippen LogP contribution < -0.4 is 9.64 Å². The Hall–Kier alpha value is -2.98. The first-order valence-electron chi connectivity index (χ1n) is 11.3. The molecule has 174 valence electrons. The van der Waals surface area contributed by atoms with E-state index in [-0.39, 0.29) is 11.6 Å². The van der Waals surface area contributed by atoms with Crippen LogP contribution >= 0.6 is 11.6 Å². The first-order chi connectivity index (χ1) is 15.6. The maximum absolute atomic E-state index is 9.91. The minimum Gasteiger partial charge on any atom is -0.474 e. The smallest absolute Gasteiger partial charge is 0.182 e. The van der Waals surface area contributed by atoms with Gasteiger partial charge in [0.15, 0.2) is 11.6 Å². The molecule has 2 aromatic heterocycles. The molecule has 1 saturated heterocycles. The molecule has 4 rings (SSSR count). The van der Waals surface area contributed by atoms with Gasteiger partial charge >= 0.3 is 0 Å². The molecule has 1 atom stereocenters. The standard InChI is InChI=1S/C25H30ClN5O2/c1-16-15-30(10-11-31(16)17(2)33-25(3,4)5)24-19(14-27)12-21(23(29-24)18-6-7-18)32-20-8-9-28-22(26)13-20/h8-9,12-13,16,18H,2,6-7,10-11,15H2,1,3-5H3/t16-/m1/s1. The number of halogens is 1. The summed E-state index contributed by atoms with van der Waals surface area (Å²) in [6.07, 6.45) is 3.74. The third kappa shape index (κ3) is 5.51. The number of nitrogens with zero attached hydrogens (tertiary/aromatic N) is 5. The topological polar surface area (TPSA) is 74.5 Å². The molecule has 0 radical (unpaired) electrons. The Kier molecular flexibility index (Phi) is 6.40. The average molecular weight is 468 g/mol. The summed E-state index contributed by atoms with van der Waals surface area (Å²) in [5, 5.41) is 10.3. The maximum atomic E-state index is 9.91. The van der Waals surface area contributed by atoms with Crippen LogP contribution in [0.25, 0.3) is 0 Å². The second-order valence-corrected chi connectivity index (χ2v) is 10.0. The number of hydrogen-bond acceptors (Lipinski definition) is 7. The Morgan fingerprint density at radius 2 is 2.03 bits per heavy atom. The summed E-state index contributed by atoms with van der Waals surface area (Å²) in [6.45, 7) is 14.5. The summed E-state index contributed by atoms with van der Waals surface area (Å²) in [7, 11) is 0. The molecule has 0 N–H and O–H groups in total. The van der Waals surface area contributed by atoms with E-state index in [9.17, 15) is 5.26 Å². The van der Waals surface area contributed by atoms with E-state index in [0.717, 1.165) is 38.2 Å². The van der Waals surface area contributed by atoms with Crippen molar-refractivity contribution in [3.05, 3.63) is 53.3 Å². The lowest BCUT2D eigenvalue weighted by atomic mass is 10.1. The summed E-state index contributed by atoms with van der Waals surface area (Å²) < 4.78 is 12.1. The van der Waals surface area contributed by atoms with Crippen molar-refractivity contribution in [2.45, 2.75) is 58.1 Å². The lowest BCUT2D eigenvalue weighted by Crippen LogP contribution is -2.52. The van der Waals surface area contributed by atoms with E-state index in [0.29, 0.717) is 39.8 Å². The summed E-state index contributed by atoms with van der Waals surface area (Å²) in [5.41, 5.74) is 1.10. The molecule has 1 saturated carbocycles. The van der Waals surface area contributed by atoms with Gasteiger partial charge < -0.3 is 19.3 Å². The number of anilines is 1. The number of pyridine rings is 2. The van der Waals surface area contributed by atoms with Gasteiger partial charge in [-0.05, 0) is 53.2 Å². The normalized spacial score (nSPS) is 18.6. The van der Waals surface area contributed by atoms with E-state index in [1.165, 1.54) is 0 Å². The summed E-state index contributed by atoms with van der Waals surface area (Å²) in [6, 6.07) is 7.70. The minimum atomic E-state index is -0.294. The van der Waals surface area contributed by atoms with Crippen molar-refractivity contribution in [1.82, 2.24) is 14.9 Å². The van der Waals surface area contributed by atoms with Crippen LogP contribution in [0, 0.1) is 11.3 Å². The number of piperazine rings is 1. The fraction of sp³-hybridized carbons (Fsp3) is 0.480. The van der Waals surface area contributed by atoms with Gasteiger partial charge in [0.1, 0.15) is 28.4 Å². The van der Waals surface area contributed by atoms with Crippen molar-refractivity contribution in [2.75, 3.05) is 24.5 Å². The van der Waals surface area contributed by atoms with Gasteiger partial charge in [0, 0.05) is 49.9 Å². The first kappa shape index (κ1) is 23.2. The molecule has 0 aromatic carbocycles. The van der Waals surface area contributed by atoms with Gasteiger partial charge in [-0.3, -0.25) is 0 Å². The highest BCUT2D eigenvalue weighted by atomic mass is 35.5. The molecule has 2 aromatic rings. The van der Waals surface area contributed by atoms with Gasteiger partial charge in [0.25, 0.3) is 0 Å². The van der Waals surface area contributed by atoms with E-state index in [4.69, 9.17) is 26.1 Å². The van der Waals surface area contributed by atoms with Crippen LogP contribution in [0.1, 0.15) is 57.7 Å². The summed E-state index contributed by atoms with van der Waals surface area (Å²) in [4.78, 5) is 13.3. The fourth-order valence-electron chi connectivity index (χ4n) is 4.06. The first-order valence-corrected chi connectivity index (χ1v) is 11.7. The summed E-state index contributed by atoms with van der Waals surface area (Å²) in [5.74, 6) is 2.94. The minimum absolute atomic E-state index is 0.168. The molecule has 0 unspecified atom stereocenters. The third-order valence-electron chi connectivity index (χ3n) is 5.68. The van der Waals surface area contributed by atoms with Gasteiger partial charge in [0.2, 0.25) is 0 Å². The van der Waals surface area contributed by atoms with Crippen LogP contribution in [-0.4, -0.2) is 46.1 Å². The molecular weight excluding hydrogens is 438 g/mol. The van der Waals surface area contributed by atoms with E-state index in [1.807, 2.05) is 26.8 Å². The number of aromatic nitrogens is 2. The Bertz CT molecular complexity index is 1090. The molecule has 0 bridgehead atoms.